The molecule has 1 aromatic heterocycles. The zero-order valence-corrected chi connectivity index (χ0v) is 15.2. The molecule has 2 aliphatic rings. The quantitative estimate of drug-likeness (QED) is 0.791. The van der Waals surface area contributed by atoms with Gasteiger partial charge in [0.05, 0.1) is 24.0 Å². The van der Waals surface area contributed by atoms with Crippen LogP contribution in [0.25, 0.3) is 0 Å². The lowest BCUT2D eigenvalue weighted by atomic mass is 10.2. The second kappa shape index (κ2) is 7.67. The average molecular weight is 368 g/mol. The molecule has 1 aromatic rings. The van der Waals surface area contributed by atoms with Gasteiger partial charge in [0.15, 0.2) is 0 Å². The summed E-state index contributed by atoms with van der Waals surface area (Å²) in [5.74, 6) is 0.484. The number of pyridine rings is 1. The van der Waals surface area contributed by atoms with Crippen LogP contribution in [0.3, 0.4) is 0 Å². The van der Waals surface area contributed by atoms with E-state index in [0.717, 1.165) is 0 Å². The maximum absolute atomic E-state index is 13.0. The summed E-state index contributed by atoms with van der Waals surface area (Å²) in [6, 6.07) is 3.49. The number of anilines is 1. The first-order chi connectivity index (χ1) is 12.0. The molecule has 8 nitrogen and oxygen atoms in total. The van der Waals surface area contributed by atoms with Gasteiger partial charge in [0.1, 0.15) is 5.82 Å². The van der Waals surface area contributed by atoms with Gasteiger partial charge in [0, 0.05) is 38.9 Å². The largest absolute Gasteiger partial charge is 0.378 e. The minimum absolute atomic E-state index is 0.163. The molecule has 1 atom stereocenters. The Balaban J connectivity index is 1.76. The second-order valence-corrected chi connectivity index (χ2v) is 8.22. The predicted molar refractivity (Wildman–Crippen MR) is 94.2 cm³/mol. The Morgan fingerprint density at radius 3 is 2.84 bits per heavy atom. The number of nitrogens with zero attached hydrogens (tertiary/aromatic N) is 3. The van der Waals surface area contributed by atoms with Crippen molar-refractivity contribution in [2.45, 2.75) is 18.6 Å². The molecule has 2 saturated heterocycles. The summed E-state index contributed by atoms with van der Waals surface area (Å²) < 4.78 is 32.2. The minimum Gasteiger partial charge on any atom is -0.378 e. The number of hydrogen-bond donors (Lipinski definition) is 1. The lowest BCUT2D eigenvalue weighted by Crippen LogP contribution is -2.40. The Hall–Kier alpha value is -1.71. The van der Waals surface area contributed by atoms with E-state index in [1.54, 1.807) is 30.2 Å². The number of likely N-dealkylation sites (tertiary alicyclic amines) is 1. The number of nitrogens with one attached hydrogen (secondary N) is 1. The topological polar surface area (TPSA) is 91.8 Å². The van der Waals surface area contributed by atoms with Gasteiger partial charge >= 0.3 is 0 Å². The van der Waals surface area contributed by atoms with E-state index in [1.807, 2.05) is 4.90 Å². The maximum atomic E-state index is 13.0. The number of carbonyl (C=O) groups is 1. The highest BCUT2D eigenvalue weighted by Gasteiger charge is 2.36. The van der Waals surface area contributed by atoms with E-state index in [1.165, 1.54) is 0 Å². The number of aromatic nitrogens is 1. The van der Waals surface area contributed by atoms with Crippen LogP contribution in [-0.2, 0) is 14.8 Å². The van der Waals surface area contributed by atoms with E-state index in [-0.39, 0.29) is 12.5 Å². The lowest BCUT2D eigenvalue weighted by Gasteiger charge is -2.29. The number of sulfonamides is 1. The van der Waals surface area contributed by atoms with E-state index >= 15 is 0 Å². The van der Waals surface area contributed by atoms with E-state index < -0.39 is 15.3 Å². The Labute approximate surface area is 148 Å². The first kappa shape index (κ1) is 18.1. The molecule has 2 fully saturated rings. The van der Waals surface area contributed by atoms with E-state index in [4.69, 9.17) is 4.74 Å². The zero-order chi connectivity index (χ0) is 17.9. The van der Waals surface area contributed by atoms with Crippen molar-refractivity contribution in [1.29, 1.82) is 0 Å². The monoisotopic (exact) mass is 368 g/mol. The van der Waals surface area contributed by atoms with Gasteiger partial charge in [0.25, 0.3) is 5.91 Å². The van der Waals surface area contributed by atoms with Crippen LogP contribution < -0.4 is 9.62 Å². The minimum atomic E-state index is -3.38. The van der Waals surface area contributed by atoms with Crippen LogP contribution in [0.1, 0.15) is 23.7 Å². The molecule has 0 aromatic carbocycles. The molecule has 9 heteroatoms. The highest BCUT2D eigenvalue weighted by molar-refractivity contribution is 7.90. The van der Waals surface area contributed by atoms with Crippen molar-refractivity contribution in [1.82, 2.24) is 14.6 Å². The van der Waals surface area contributed by atoms with Gasteiger partial charge in [-0.05, 0) is 18.6 Å². The van der Waals surface area contributed by atoms with Crippen LogP contribution in [0.2, 0.25) is 0 Å². The van der Waals surface area contributed by atoms with Gasteiger partial charge in [-0.15, -0.1) is 0 Å². The molecule has 3 heterocycles. The molecule has 3 rings (SSSR count). The molecule has 25 heavy (non-hydrogen) atoms. The summed E-state index contributed by atoms with van der Waals surface area (Å²) in [5.41, 5.74) is 0.519. The van der Waals surface area contributed by atoms with Crippen molar-refractivity contribution >= 4 is 21.7 Å². The third-order valence-corrected chi connectivity index (χ3v) is 6.50. The Kier molecular flexibility index (Phi) is 5.55. The number of morpholine rings is 1. The Morgan fingerprint density at radius 1 is 1.36 bits per heavy atom. The van der Waals surface area contributed by atoms with Crippen LogP contribution in [0.5, 0.6) is 0 Å². The van der Waals surface area contributed by atoms with Gasteiger partial charge in [-0.2, -0.15) is 0 Å². The molecule has 0 radical (unpaired) electrons. The standard InChI is InChI=1S/C16H24N4O4S/c1-2-18-25(22,23)13-5-7-20(12-13)16(21)14-4-3-6-17-15(14)19-8-10-24-11-9-19/h3-4,6,13,18H,2,5,7-12H2,1H3. The molecule has 0 bridgehead atoms. The summed E-state index contributed by atoms with van der Waals surface area (Å²) >= 11 is 0. The number of rotatable bonds is 5. The van der Waals surface area contributed by atoms with Crippen LogP contribution in [0.4, 0.5) is 5.82 Å². The highest BCUT2D eigenvalue weighted by atomic mass is 32.2. The third-order valence-electron chi connectivity index (χ3n) is 4.54. The van der Waals surface area contributed by atoms with Crippen molar-refractivity contribution < 1.29 is 17.9 Å². The number of carbonyl (C=O) groups excluding carboxylic acids is 1. The van der Waals surface area contributed by atoms with Crippen molar-refractivity contribution in [3.63, 3.8) is 0 Å². The fourth-order valence-electron chi connectivity index (χ4n) is 3.25. The van der Waals surface area contributed by atoms with Crippen molar-refractivity contribution in [2.24, 2.45) is 0 Å². The molecule has 1 N–H and O–H groups in total. The van der Waals surface area contributed by atoms with E-state index in [2.05, 4.69) is 9.71 Å². The molecule has 0 saturated carbocycles. The van der Waals surface area contributed by atoms with Crippen molar-refractivity contribution in [3.05, 3.63) is 23.9 Å². The number of hydrogen-bond acceptors (Lipinski definition) is 6. The molecule has 0 spiro atoms. The number of ether oxygens (including phenoxy) is 1. The van der Waals surface area contributed by atoms with Gasteiger partial charge in [-0.25, -0.2) is 18.1 Å². The predicted octanol–water partition coefficient (Wildman–Crippen LogP) is 0.0720. The molecule has 1 amide bonds. The van der Waals surface area contributed by atoms with Gasteiger partial charge in [-0.1, -0.05) is 6.92 Å². The SMILES string of the molecule is CCNS(=O)(=O)C1CCN(C(=O)c2cccnc2N2CCOCC2)C1. The molecular weight excluding hydrogens is 344 g/mol. The summed E-state index contributed by atoms with van der Waals surface area (Å²) in [5, 5.41) is -0.556. The normalized spacial score (nSPS) is 21.6. The first-order valence-electron chi connectivity index (χ1n) is 8.58. The van der Waals surface area contributed by atoms with Crippen LogP contribution in [0.15, 0.2) is 18.3 Å². The molecule has 1 unspecified atom stereocenters. The average Bonchev–Trinajstić information content (AvgIpc) is 3.13. The molecular formula is C16H24N4O4S. The first-order valence-corrected chi connectivity index (χ1v) is 10.1. The Morgan fingerprint density at radius 2 is 2.12 bits per heavy atom. The third kappa shape index (κ3) is 3.94. The fourth-order valence-corrected chi connectivity index (χ4v) is 4.68. The maximum Gasteiger partial charge on any atom is 0.257 e. The van der Waals surface area contributed by atoms with Crippen LogP contribution >= 0.6 is 0 Å². The second-order valence-electron chi connectivity index (χ2n) is 6.18. The zero-order valence-electron chi connectivity index (χ0n) is 14.3. The highest BCUT2D eigenvalue weighted by Crippen LogP contribution is 2.24. The van der Waals surface area contributed by atoms with Crippen LogP contribution in [-0.4, -0.2) is 75.4 Å². The van der Waals surface area contributed by atoms with Crippen LogP contribution in [0, 0.1) is 0 Å². The Bertz CT molecular complexity index is 719. The van der Waals surface area contributed by atoms with Gasteiger partial charge in [0.2, 0.25) is 10.0 Å². The molecule has 0 aliphatic carbocycles. The summed E-state index contributed by atoms with van der Waals surface area (Å²) in [6.45, 7) is 5.35. The van der Waals surface area contributed by atoms with E-state index in [9.17, 15) is 13.2 Å². The summed E-state index contributed by atoms with van der Waals surface area (Å²) in [7, 11) is -3.38. The van der Waals surface area contributed by atoms with Gasteiger partial charge in [-0.3, -0.25) is 4.79 Å². The number of amides is 1. The van der Waals surface area contributed by atoms with Gasteiger partial charge < -0.3 is 14.5 Å². The van der Waals surface area contributed by atoms with E-state index in [0.29, 0.717) is 57.2 Å². The molecule has 138 valence electrons. The lowest BCUT2D eigenvalue weighted by molar-refractivity contribution is 0.0792. The summed E-state index contributed by atoms with van der Waals surface area (Å²) in [6.07, 6.45) is 2.12. The smallest absolute Gasteiger partial charge is 0.257 e. The van der Waals surface area contributed by atoms with Crippen molar-refractivity contribution in [2.75, 3.05) is 50.8 Å². The fraction of sp³-hybridized carbons (Fsp3) is 0.625. The summed E-state index contributed by atoms with van der Waals surface area (Å²) in [4.78, 5) is 21.0. The molecule has 2 aliphatic heterocycles. The van der Waals surface area contributed by atoms with Crippen molar-refractivity contribution in [3.8, 4) is 0 Å².